The molecule has 0 spiro atoms. The number of benzene rings is 1. The van der Waals surface area contributed by atoms with Crippen LogP contribution in [0, 0.1) is 0 Å². The van der Waals surface area contributed by atoms with Crippen molar-refractivity contribution < 1.29 is 23.5 Å². The molecule has 0 saturated heterocycles. The van der Waals surface area contributed by atoms with E-state index in [1.165, 1.54) is 13.0 Å². The van der Waals surface area contributed by atoms with E-state index in [0.29, 0.717) is 41.6 Å². The van der Waals surface area contributed by atoms with Gasteiger partial charge in [0.05, 0.1) is 6.54 Å². The summed E-state index contributed by atoms with van der Waals surface area (Å²) in [7, 11) is 3.30. The maximum Gasteiger partial charge on any atom is 0.407 e. The summed E-state index contributed by atoms with van der Waals surface area (Å²) in [6, 6.07) is 6.47. The Morgan fingerprint density at radius 1 is 1.21 bits per heavy atom. The van der Waals surface area contributed by atoms with Crippen LogP contribution in [0.15, 0.2) is 33.5 Å². The standard InChI is InChI=1S/C20H25N3O6/c1-13(24)5-4-8-22-20(27)28-12-14-9-19(26)29-17-10-15(6-7-16(14)17)23(3)11-18(25)21-2/h6-7,9-10H,4-5,8,11-12H2,1-3H3,(H,21,25)(H,22,27). The van der Waals surface area contributed by atoms with Gasteiger partial charge in [-0.15, -0.1) is 0 Å². The number of nitrogens with zero attached hydrogens (tertiary/aromatic N) is 1. The molecular formula is C20H25N3O6. The topological polar surface area (TPSA) is 118 Å². The average molecular weight is 403 g/mol. The van der Waals surface area contributed by atoms with E-state index in [0.717, 1.165) is 0 Å². The largest absolute Gasteiger partial charge is 0.445 e. The minimum atomic E-state index is -0.628. The second-order valence-corrected chi connectivity index (χ2v) is 6.61. The summed E-state index contributed by atoms with van der Waals surface area (Å²) >= 11 is 0. The predicted octanol–water partition coefficient (Wildman–Crippen LogP) is 1.57. The number of likely N-dealkylation sites (N-methyl/N-ethyl adjacent to an activating group) is 2. The Morgan fingerprint density at radius 2 is 1.97 bits per heavy atom. The molecule has 1 aromatic carbocycles. The van der Waals surface area contributed by atoms with Crippen LogP contribution in [0.4, 0.5) is 10.5 Å². The van der Waals surface area contributed by atoms with Crippen molar-refractivity contribution >= 4 is 34.4 Å². The van der Waals surface area contributed by atoms with Crippen molar-refractivity contribution in [3.8, 4) is 0 Å². The van der Waals surface area contributed by atoms with Crippen molar-refractivity contribution in [3.63, 3.8) is 0 Å². The fourth-order valence-corrected chi connectivity index (χ4v) is 2.68. The smallest absolute Gasteiger partial charge is 0.407 e. The zero-order chi connectivity index (χ0) is 21.4. The summed E-state index contributed by atoms with van der Waals surface area (Å²) in [6.45, 7) is 1.87. The first-order chi connectivity index (χ1) is 13.8. The second-order valence-electron chi connectivity index (χ2n) is 6.61. The molecule has 0 bridgehead atoms. The molecule has 2 amide bonds. The van der Waals surface area contributed by atoms with Crippen molar-refractivity contribution in [2.75, 3.05) is 32.1 Å². The molecule has 2 N–H and O–H groups in total. The normalized spacial score (nSPS) is 10.4. The third-order valence-corrected chi connectivity index (χ3v) is 4.25. The highest BCUT2D eigenvalue weighted by Crippen LogP contribution is 2.23. The van der Waals surface area contributed by atoms with Gasteiger partial charge in [0.15, 0.2) is 0 Å². The molecule has 0 atom stereocenters. The van der Waals surface area contributed by atoms with Crippen molar-refractivity contribution in [2.24, 2.45) is 0 Å². The van der Waals surface area contributed by atoms with Crippen LogP contribution in [0.2, 0.25) is 0 Å². The lowest BCUT2D eigenvalue weighted by Gasteiger charge is -2.18. The molecule has 0 unspecified atom stereocenters. The van der Waals surface area contributed by atoms with Crippen LogP contribution in [0.1, 0.15) is 25.3 Å². The molecule has 0 aliphatic carbocycles. The molecule has 9 nitrogen and oxygen atoms in total. The molecule has 0 radical (unpaired) electrons. The van der Waals surface area contributed by atoms with Gasteiger partial charge in [-0.2, -0.15) is 0 Å². The number of hydrogen-bond acceptors (Lipinski definition) is 7. The fraction of sp³-hybridized carbons (Fsp3) is 0.400. The van der Waals surface area contributed by atoms with Crippen molar-refractivity contribution in [1.82, 2.24) is 10.6 Å². The molecule has 0 aliphatic rings. The molecule has 29 heavy (non-hydrogen) atoms. The number of Topliss-reactive ketones (excluding diaryl/α,β-unsaturated/α-hetero) is 1. The number of alkyl carbamates (subject to hydrolysis) is 1. The fourth-order valence-electron chi connectivity index (χ4n) is 2.68. The van der Waals surface area contributed by atoms with E-state index in [2.05, 4.69) is 10.6 Å². The van der Waals surface area contributed by atoms with E-state index in [9.17, 15) is 19.2 Å². The van der Waals surface area contributed by atoms with Crippen LogP contribution in [0.3, 0.4) is 0 Å². The maximum absolute atomic E-state index is 11.9. The van der Waals surface area contributed by atoms with Gasteiger partial charge in [-0.05, 0) is 25.5 Å². The van der Waals surface area contributed by atoms with Crippen LogP contribution in [-0.2, 0) is 20.9 Å². The van der Waals surface area contributed by atoms with E-state index in [-0.39, 0.29) is 24.8 Å². The van der Waals surface area contributed by atoms with Crippen LogP contribution in [0.25, 0.3) is 11.0 Å². The van der Waals surface area contributed by atoms with Gasteiger partial charge in [-0.1, -0.05) is 0 Å². The first-order valence-electron chi connectivity index (χ1n) is 9.18. The van der Waals surface area contributed by atoms with E-state index >= 15 is 0 Å². The van der Waals surface area contributed by atoms with Gasteiger partial charge in [0.25, 0.3) is 0 Å². The molecule has 1 heterocycles. The Morgan fingerprint density at radius 3 is 2.66 bits per heavy atom. The summed E-state index contributed by atoms with van der Waals surface area (Å²) in [6.07, 6.45) is 0.299. The summed E-state index contributed by atoms with van der Waals surface area (Å²) in [4.78, 5) is 47.8. The van der Waals surface area contributed by atoms with Gasteiger partial charge in [0, 0.05) is 55.8 Å². The molecule has 1 aromatic heterocycles. The monoisotopic (exact) mass is 403 g/mol. The number of ketones is 1. The van der Waals surface area contributed by atoms with E-state index in [1.54, 1.807) is 37.2 Å². The maximum atomic E-state index is 11.9. The predicted molar refractivity (Wildman–Crippen MR) is 108 cm³/mol. The van der Waals surface area contributed by atoms with Crippen molar-refractivity contribution in [1.29, 1.82) is 0 Å². The Bertz CT molecular complexity index is 953. The van der Waals surface area contributed by atoms with Gasteiger partial charge in [-0.3, -0.25) is 4.79 Å². The number of ether oxygens (including phenoxy) is 1. The SMILES string of the molecule is CNC(=O)CN(C)c1ccc2c(COC(=O)NCCCC(C)=O)cc(=O)oc2c1. The van der Waals surface area contributed by atoms with Crippen LogP contribution in [0.5, 0.6) is 0 Å². The Kier molecular flexibility index (Phi) is 7.76. The summed E-state index contributed by atoms with van der Waals surface area (Å²) in [5, 5.41) is 5.74. The zero-order valence-corrected chi connectivity index (χ0v) is 16.7. The number of anilines is 1. The summed E-state index contributed by atoms with van der Waals surface area (Å²) in [5.74, 6) is -0.0894. The number of fused-ring (bicyclic) bond motifs is 1. The molecular weight excluding hydrogens is 378 g/mol. The van der Waals surface area contributed by atoms with Gasteiger partial charge in [0.1, 0.15) is 18.0 Å². The summed E-state index contributed by atoms with van der Waals surface area (Å²) in [5.41, 5.74) is 0.976. The highest BCUT2D eigenvalue weighted by molar-refractivity contribution is 5.86. The van der Waals surface area contributed by atoms with Gasteiger partial charge in [-0.25, -0.2) is 9.59 Å². The van der Waals surface area contributed by atoms with E-state index in [1.807, 2.05) is 0 Å². The first-order valence-corrected chi connectivity index (χ1v) is 9.18. The van der Waals surface area contributed by atoms with Crippen LogP contribution >= 0.6 is 0 Å². The quantitative estimate of drug-likeness (QED) is 0.482. The number of nitrogens with one attached hydrogen (secondary N) is 2. The molecule has 9 heteroatoms. The molecule has 2 rings (SSSR count). The lowest BCUT2D eigenvalue weighted by Crippen LogP contribution is -2.32. The Hall–Kier alpha value is -3.36. The van der Waals surface area contributed by atoms with Crippen molar-refractivity contribution in [3.05, 3.63) is 40.2 Å². The highest BCUT2D eigenvalue weighted by atomic mass is 16.5. The van der Waals surface area contributed by atoms with Gasteiger partial charge < -0.3 is 29.5 Å². The van der Waals surface area contributed by atoms with Gasteiger partial charge >= 0.3 is 11.7 Å². The van der Waals surface area contributed by atoms with Crippen LogP contribution < -0.4 is 21.2 Å². The van der Waals surface area contributed by atoms with Crippen LogP contribution in [-0.4, -0.2) is 45.0 Å². The molecule has 0 saturated carbocycles. The number of hydrogen-bond donors (Lipinski definition) is 2. The lowest BCUT2D eigenvalue weighted by molar-refractivity contribution is -0.119. The Labute approximate surface area is 168 Å². The van der Waals surface area contributed by atoms with Crippen molar-refractivity contribution in [2.45, 2.75) is 26.4 Å². The van der Waals surface area contributed by atoms with E-state index < -0.39 is 11.7 Å². The molecule has 0 aliphatic heterocycles. The van der Waals surface area contributed by atoms with Gasteiger partial charge in [0.2, 0.25) is 5.91 Å². The third kappa shape index (κ3) is 6.63. The first kappa shape index (κ1) is 21.9. The summed E-state index contributed by atoms with van der Waals surface area (Å²) < 4.78 is 10.4. The lowest BCUT2D eigenvalue weighted by atomic mass is 10.1. The average Bonchev–Trinajstić information content (AvgIpc) is 2.68. The number of carbonyl (C=O) groups is 3. The molecule has 0 fully saturated rings. The zero-order valence-electron chi connectivity index (χ0n) is 16.7. The minimum Gasteiger partial charge on any atom is -0.445 e. The second kappa shape index (κ2) is 10.3. The minimum absolute atomic E-state index is 0.0583. The Balaban J connectivity index is 2.08. The number of amides is 2. The highest BCUT2D eigenvalue weighted by Gasteiger charge is 2.12. The molecule has 2 aromatic rings. The number of carbonyl (C=O) groups excluding carboxylic acids is 3. The van der Waals surface area contributed by atoms with E-state index in [4.69, 9.17) is 9.15 Å². The number of rotatable bonds is 9. The third-order valence-electron chi connectivity index (χ3n) is 4.25. The molecule has 156 valence electrons.